The number of carbonyl (C=O) groups is 1. The van der Waals surface area contributed by atoms with Gasteiger partial charge in [-0.2, -0.15) is 8.78 Å². The van der Waals surface area contributed by atoms with Gasteiger partial charge in [-0.25, -0.2) is 0 Å². The Morgan fingerprint density at radius 2 is 2.05 bits per heavy atom. The van der Waals surface area contributed by atoms with Crippen molar-refractivity contribution in [2.24, 2.45) is 11.7 Å². The highest BCUT2D eigenvalue weighted by atomic mass is 19.3. The molecule has 0 aliphatic heterocycles. The second-order valence-corrected chi connectivity index (χ2v) is 4.91. The maximum Gasteiger partial charge on any atom is 0.387 e. The van der Waals surface area contributed by atoms with Crippen LogP contribution in [0, 0.1) is 5.92 Å². The third-order valence-electron chi connectivity index (χ3n) is 3.62. The van der Waals surface area contributed by atoms with Crippen molar-refractivity contribution in [1.82, 2.24) is 5.32 Å². The van der Waals surface area contributed by atoms with E-state index in [9.17, 15) is 13.6 Å². The van der Waals surface area contributed by atoms with Crippen LogP contribution < -0.4 is 15.8 Å². The minimum absolute atomic E-state index is 0.0391. The van der Waals surface area contributed by atoms with Gasteiger partial charge in [-0.05, 0) is 49.6 Å². The predicted molar refractivity (Wildman–Crippen MR) is 70.7 cm³/mol. The number of ether oxygens (including phenoxy) is 1. The van der Waals surface area contributed by atoms with E-state index in [-0.39, 0.29) is 17.7 Å². The summed E-state index contributed by atoms with van der Waals surface area (Å²) >= 11 is 0. The largest absolute Gasteiger partial charge is 0.435 e. The first-order chi connectivity index (χ1) is 9.60. The summed E-state index contributed by atoms with van der Waals surface area (Å²) < 4.78 is 28.3. The number of rotatable bonds is 5. The van der Waals surface area contributed by atoms with Crippen LogP contribution in [0.25, 0.3) is 0 Å². The highest BCUT2D eigenvalue weighted by Gasteiger charge is 2.27. The summed E-state index contributed by atoms with van der Waals surface area (Å²) in [6.45, 7) is -2.30. The molecule has 0 saturated heterocycles. The molecule has 1 aromatic rings. The van der Waals surface area contributed by atoms with Crippen molar-refractivity contribution in [1.29, 1.82) is 0 Å². The van der Waals surface area contributed by atoms with Crippen LogP contribution in [0.3, 0.4) is 0 Å². The van der Waals surface area contributed by atoms with Crippen LogP contribution in [-0.4, -0.2) is 25.1 Å². The summed E-state index contributed by atoms with van der Waals surface area (Å²) in [5.41, 5.74) is 6.09. The lowest BCUT2D eigenvalue weighted by Gasteiger charge is -2.19. The maximum atomic E-state index is 12.1. The number of amides is 1. The summed E-state index contributed by atoms with van der Waals surface area (Å²) in [7, 11) is 0. The predicted octanol–water partition coefficient (Wildman–Crippen LogP) is 2.15. The Morgan fingerprint density at radius 1 is 1.35 bits per heavy atom. The Balaban J connectivity index is 1.95. The number of halogens is 2. The van der Waals surface area contributed by atoms with Gasteiger partial charge in [0.25, 0.3) is 5.91 Å². The van der Waals surface area contributed by atoms with Gasteiger partial charge >= 0.3 is 6.61 Å². The van der Waals surface area contributed by atoms with Gasteiger partial charge in [-0.15, -0.1) is 0 Å². The van der Waals surface area contributed by atoms with Crippen LogP contribution in [0.1, 0.15) is 29.6 Å². The molecule has 110 valence electrons. The average Bonchev–Trinajstić information content (AvgIpc) is 2.86. The maximum absolute atomic E-state index is 12.1. The lowest BCUT2D eigenvalue weighted by atomic mass is 10.0. The number of nitrogens with one attached hydrogen (secondary N) is 1. The van der Waals surface area contributed by atoms with Gasteiger partial charge in [0.15, 0.2) is 0 Å². The molecule has 0 aromatic heterocycles. The third-order valence-corrected chi connectivity index (χ3v) is 3.62. The van der Waals surface area contributed by atoms with Gasteiger partial charge in [0, 0.05) is 11.6 Å². The summed E-state index contributed by atoms with van der Waals surface area (Å²) in [4.78, 5) is 12.1. The van der Waals surface area contributed by atoms with Gasteiger partial charge in [-0.1, -0.05) is 6.42 Å². The van der Waals surface area contributed by atoms with Gasteiger partial charge in [0.05, 0.1) is 0 Å². The second kappa shape index (κ2) is 6.65. The fraction of sp³-hybridized carbons (Fsp3) is 0.500. The molecule has 1 fully saturated rings. The number of hydrogen-bond acceptors (Lipinski definition) is 3. The Hall–Kier alpha value is -1.69. The molecule has 0 spiro atoms. The van der Waals surface area contributed by atoms with E-state index in [1.165, 1.54) is 24.3 Å². The standard InChI is InChI=1S/C14H18F2N2O2/c15-14(16)20-11-6-4-9(5-7-11)13(19)18-12-3-1-2-10(12)8-17/h4-7,10,12,14H,1-3,8,17H2,(H,18,19). The first-order valence-corrected chi connectivity index (χ1v) is 6.66. The zero-order valence-electron chi connectivity index (χ0n) is 11.0. The van der Waals surface area contributed by atoms with Crippen molar-refractivity contribution in [3.05, 3.63) is 29.8 Å². The molecule has 1 aliphatic carbocycles. The molecule has 0 bridgehead atoms. The molecule has 0 heterocycles. The van der Waals surface area contributed by atoms with Crippen LogP contribution in [-0.2, 0) is 0 Å². The van der Waals surface area contributed by atoms with Gasteiger partial charge < -0.3 is 15.8 Å². The van der Waals surface area contributed by atoms with Crippen LogP contribution in [0.4, 0.5) is 8.78 Å². The number of hydrogen-bond donors (Lipinski definition) is 2. The molecule has 1 aliphatic rings. The number of carbonyl (C=O) groups excluding carboxylic acids is 1. The lowest BCUT2D eigenvalue weighted by Crippen LogP contribution is -2.39. The molecule has 2 rings (SSSR count). The van der Waals surface area contributed by atoms with E-state index in [0.29, 0.717) is 18.0 Å². The summed E-state index contributed by atoms with van der Waals surface area (Å²) in [5.74, 6) is 0.150. The van der Waals surface area contributed by atoms with E-state index >= 15 is 0 Å². The fourth-order valence-electron chi connectivity index (χ4n) is 2.55. The van der Waals surface area contributed by atoms with Gasteiger partial charge in [0.1, 0.15) is 5.75 Å². The molecule has 2 atom stereocenters. The summed E-state index contributed by atoms with van der Waals surface area (Å²) in [6.07, 6.45) is 3.02. The van der Waals surface area contributed by atoms with E-state index in [1.807, 2.05) is 0 Å². The molecule has 2 unspecified atom stereocenters. The van der Waals surface area contributed by atoms with Gasteiger partial charge in [-0.3, -0.25) is 4.79 Å². The van der Waals surface area contributed by atoms with E-state index in [4.69, 9.17) is 5.73 Å². The zero-order chi connectivity index (χ0) is 14.5. The van der Waals surface area contributed by atoms with Crippen molar-refractivity contribution in [2.75, 3.05) is 6.54 Å². The van der Waals surface area contributed by atoms with E-state index in [2.05, 4.69) is 10.1 Å². The number of alkyl halides is 2. The van der Waals surface area contributed by atoms with Crippen LogP contribution in [0.15, 0.2) is 24.3 Å². The molecule has 3 N–H and O–H groups in total. The van der Waals surface area contributed by atoms with Crippen molar-refractivity contribution < 1.29 is 18.3 Å². The van der Waals surface area contributed by atoms with E-state index in [1.54, 1.807) is 0 Å². The van der Waals surface area contributed by atoms with Crippen molar-refractivity contribution in [3.63, 3.8) is 0 Å². The Morgan fingerprint density at radius 3 is 2.65 bits per heavy atom. The van der Waals surface area contributed by atoms with Crippen molar-refractivity contribution in [3.8, 4) is 5.75 Å². The van der Waals surface area contributed by atoms with Crippen LogP contribution in [0.5, 0.6) is 5.75 Å². The number of benzene rings is 1. The molecular weight excluding hydrogens is 266 g/mol. The Kier molecular flexibility index (Phi) is 4.89. The monoisotopic (exact) mass is 284 g/mol. The third kappa shape index (κ3) is 3.66. The molecule has 4 nitrogen and oxygen atoms in total. The minimum atomic E-state index is -2.86. The summed E-state index contributed by atoms with van der Waals surface area (Å²) in [6, 6.07) is 5.76. The van der Waals surface area contributed by atoms with Gasteiger partial charge in [0.2, 0.25) is 0 Å². The topological polar surface area (TPSA) is 64.3 Å². The highest BCUT2D eigenvalue weighted by Crippen LogP contribution is 2.25. The zero-order valence-corrected chi connectivity index (χ0v) is 11.0. The Bertz CT molecular complexity index is 451. The average molecular weight is 284 g/mol. The smallest absolute Gasteiger partial charge is 0.387 e. The number of nitrogens with two attached hydrogens (primary N) is 1. The molecule has 1 aromatic carbocycles. The molecule has 1 amide bonds. The first-order valence-electron chi connectivity index (χ1n) is 6.66. The van der Waals surface area contributed by atoms with Crippen LogP contribution in [0.2, 0.25) is 0 Å². The molecular formula is C14H18F2N2O2. The quantitative estimate of drug-likeness (QED) is 0.870. The fourth-order valence-corrected chi connectivity index (χ4v) is 2.55. The minimum Gasteiger partial charge on any atom is -0.435 e. The lowest BCUT2D eigenvalue weighted by molar-refractivity contribution is -0.0498. The van der Waals surface area contributed by atoms with Crippen LogP contribution >= 0.6 is 0 Å². The van der Waals surface area contributed by atoms with E-state index < -0.39 is 6.61 Å². The second-order valence-electron chi connectivity index (χ2n) is 4.91. The van der Waals surface area contributed by atoms with Crippen molar-refractivity contribution in [2.45, 2.75) is 31.9 Å². The molecule has 6 heteroatoms. The van der Waals surface area contributed by atoms with Crippen molar-refractivity contribution >= 4 is 5.91 Å². The highest BCUT2D eigenvalue weighted by molar-refractivity contribution is 5.94. The molecule has 0 radical (unpaired) electrons. The first kappa shape index (κ1) is 14.7. The van der Waals surface area contributed by atoms with E-state index in [0.717, 1.165) is 19.3 Å². The molecule has 20 heavy (non-hydrogen) atoms. The Labute approximate surface area is 116 Å². The SMILES string of the molecule is NCC1CCCC1NC(=O)c1ccc(OC(F)F)cc1. The normalized spacial score (nSPS) is 22.0. The summed E-state index contributed by atoms with van der Waals surface area (Å²) in [5, 5.41) is 2.95. The molecule has 1 saturated carbocycles.